The summed E-state index contributed by atoms with van der Waals surface area (Å²) in [6.45, 7) is 0. The molecule has 0 spiro atoms. The quantitative estimate of drug-likeness (QED) is 0.580. The third kappa shape index (κ3) is 4.35. The van der Waals surface area contributed by atoms with Gasteiger partial charge in [0, 0.05) is 21.7 Å². The summed E-state index contributed by atoms with van der Waals surface area (Å²) in [7, 11) is 0. The fraction of sp³-hybridized carbons (Fsp3) is 0.136. The average molecular weight is 405 g/mol. The second-order valence-electron chi connectivity index (χ2n) is 6.72. The molecule has 29 heavy (non-hydrogen) atoms. The zero-order chi connectivity index (χ0) is 20.2. The van der Waals surface area contributed by atoms with E-state index in [2.05, 4.69) is 16.2 Å². The van der Waals surface area contributed by atoms with Crippen molar-refractivity contribution < 1.29 is 14.4 Å². The van der Waals surface area contributed by atoms with Gasteiger partial charge in [0.2, 0.25) is 0 Å². The predicted octanol–water partition coefficient (Wildman–Crippen LogP) is 3.56. The van der Waals surface area contributed by atoms with Gasteiger partial charge in [-0.25, -0.2) is 0 Å². The number of hydrazine groups is 1. The zero-order valence-corrected chi connectivity index (χ0v) is 16.3. The molecule has 0 fully saturated rings. The Labute approximate surface area is 171 Å². The van der Waals surface area contributed by atoms with Crippen LogP contribution in [0, 0.1) is 0 Å². The van der Waals surface area contributed by atoms with E-state index in [1.54, 1.807) is 48.5 Å². The fourth-order valence-corrected chi connectivity index (χ4v) is 4.33. The second-order valence-corrected chi connectivity index (χ2v) is 7.86. The van der Waals surface area contributed by atoms with Crippen molar-refractivity contribution in [1.29, 1.82) is 0 Å². The number of benzene rings is 2. The average Bonchev–Trinajstić information content (AvgIpc) is 3.35. The van der Waals surface area contributed by atoms with Crippen molar-refractivity contribution in [3.05, 3.63) is 87.1 Å². The van der Waals surface area contributed by atoms with E-state index in [1.165, 1.54) is 21.8 Å². The minimum Gasteiger partial charge on any atom is -0.322 e. The SMILES string of the molecule is O=C(NNC(=O)c1cc2c(s1)CCC2)c1ccc(NC(=O)c2ccccc2)cc1. The molecule has 1 aromatic heterocycles. The van der Waals surface area contributed by atoms with Gasteiger partial charge in [0.25, 0.3) is 17.7 Å². The maximum Gasteiger partial charge on any atom is 0.279 e. The highest BCUT2D eigenvalue weighted by atomic mass is 32.1. The third-order valence-corrected chi connectivity index (χ3v) is 5.94. The van der Waals surface area contributed by atoms with E-state index in [0.717, 1.165) is 19.3 Å². The Morgan fingerprint density at radius 2 is 1.45 bits per heavy atom. The number of carbonyl (C=O) groups is 3. The van der Waals surface area contributed by atoms with Gasteiger partial charge in [-0.15, -0.1) is 11.3 Å². The number of aryl methyl sites for hydroxylation is 2. The molecule has 0 saturated heterocycles. The van der Waals surface area contributed by atoms with E-state index in [9.17, 15) is 14.4 Å². The Balaban J connectivity index is 1.32. The first kappa shape index (κ1) is 18.9. The van der Waals surface area contributed by atoms with Crippen LogP contribution in [0.5, 0.6) is 0 Å². The molecule has 6 nitrogen and oxygen atoms in total. The lowest BCUT2D eigenvalue weighted by Gasteiger charge is -2.08. The molecule has 146 valence electrons. The van der Waals surface area contributed by atoms with E-state index in [0.29, 0.717) is 21.7 Å². The molecule has 0 atom stereocenters. The largest absolute Gasteiger partial charge is 0.322 e. The minimum absolute atomic E-state index is 0.224. The van der Waals surface area contributed by atoms with Gasteiger partial charge in [-0.05, 0) is 67.3 Å². The number of hydrogen-bond acceptors (Lipinski definition) is 4. The van der Waals surface area contributed by atoms with Crippen LogP contribution < -0.4 is 16.2 Å². The maximum atomic E-state index is 12.3. The van der Waals surface area contributed by atoms with Crippen LogP contribution in [0.4, 0.5) is 5.69 Å². The number of nitrogens with one attached hydrogen (secondary N) is 3. The first-order chi connectivity index (χ1) is 14.1. The van der Waals surface area contributed by atoms with Crippen LogP contribution in [-0.4, -0.2) is 17.7 Å². The number of carbonyl (C=O) groups excluding carboxylic acids is 3. The molecule has 3 amide bonds. The Kier molecular flexibility index (Phi) is 5.39. The van der Waals surface area contributed by atoms with Crippen LogP contribution in [0.2, 0.25) is 0 Å². The molecule has 1 heterocycles. The number of hydrogen-bond donors (Lipinski definition) is 3. The van der Waals surface area contributed by atoms with Crippen molar-refractivity contribution in [2.24, 2.45) is 0 Å². The zero-order valence-electron chi connectivity index (χ0n) is 15.5. The molecular formula is C22H19N3O3S. The van der Waals surface area contributed by atoms with Gasteiger partial charge in [0.15, 0.2) is 0 Å². The van der Waals surface area contributed by atoms with E-state index in [-0.39, 0.29) is 11.8 Å². The lowest BCUT2D eigenvalue weighted by atomic mass is 10.1. The molecule has 1 aliphatic carbocycles. The lowest BCUT2D eigenvalue weighted by molar-refractivity contribution is 0.0849. The standard InChI is InChI=1S/C22H19N3O3S/c26-20(14-5-2-1-3-6-14)23-17-11-9-15(10-12-17)21(27)24-25-22(28)19-13-16-7-4-8-18(16)29-19/h1-3,5-6,9-13H,4,7-8H2,(H,23,26)(H,24,27)(H,25,28). The smallest absolute Gasteiger partial charge is 0.279 e. The van der Waals surface area contributed by atoms with Crippen LogP contribution in [0.1, 0.15) is 47.2 Å². The summed E-state index contributed by atoms with van der Waals surface area (Å²) in [6.07, 6.45) is 3.17. The van der Waals surface area contributed by atoms with Crippen molar-refractivity contribution in [1.82, 2.24) is 10.9 Å². The number of anilines is 1. The summed E-state index contributed by atoms with van der Waals surface area (Å²) in [5.74, 6) is -0.967. The van der Waals surface area contributed by atoms with Gasteiger partial charge < -0.3 is 5.32 Å². The highest BCUT2D eigenvalue weighted by Gasteiger charge is 2.19. The van der Waals surface area contributed by atoms with Crippen LogP contribution in [-0.2, 0) is 12.8 Å². The molecule has 0 unspecified atom stereocenters. The van der Waals surface area contributed by atoms with E-state index in [1.807, 2.05) is 12.1 Å². The molecule has 2 aromatic carbocycles. The first-order valence-corrected chi connectivity index (χ1v) is 10.1. The molecule has 0 radical (unpaired) electrons. The summed E-state index contributed by atoms with van der Waals surface area (Å²) >= 11 is 1.48. The van der Waals surface area contributed by atoms with Crippen molar-refractivity contribution in [2.75, 3.05) is 5.32 Å². The molecule has 1 aliphatic rings. The molecule has 4 rings (SSSR count). The number of rotatable bonds is 4. The summed E-state index contributed by atoms with van der Waals surface area (Å²) < 4.78 is 0. The topological polar surface area (TPSA) is 87.3 Å². The van der Waals surface area contributed by atoms with Crippen molar-refractivity contribution >= 4 is 34.7 Å². The summed E-state index contributed by atoms with van der Waals surface area (Å²) in [4.78, 5) is 38.5. The van der Waals surface area contributed by atoms with E-state index < -0.39 is 5.91 Å². The summed E-state index contributed by atoms with van der Waals surface area (Å²) in [5.41, 5.74) is 7.62. The van der Waals surface area contributed by atoms with Crippen molar-refractivity contribution in [2.45, 2.75) is 19.3 Å². The third-order valence-electron chi connectivity index (χ3n) is 4.70. The normalized spacial score (nSPS) is 12.1. The van der Waals surface area contributed by atoms with E-state index in [4.69, 9.17) is 0 Å². The second kappa shape index (κ2) is 8.28. The van der Waals surface area contributed by atoms with Crippen molar-refractivity contribution in [3.8, 4) is 0 Å². The highest BCUT2D eigenvalue weighted by molar-refractivity contribution is 7.14. The fourth-order valence-electron chi connectivity index (χ4n) is 3.19. The van der Waals surface area contributed by atoms with Gasteiger partial charge in [-0.1, -0.05) is 18.2 Å². The molecular weight excluding hydrogens is 386 g/mol. The van der Waals surface area contributed by atoms with Crippen LogP contribution in [0.3, 0.4) is 0 Å². The highest BCUT2D eigenvalue weighted by Crippen LogP contribution is 2.30. The number of amides is 3. The Morgan fingerprint density at radius 1 is 0.759 bits per heavy atom. The number of fused-ring (bicyclic) bond motifs is 1. The lowest BCUT2D eigenvalue weighted by Crippen LogP contribution is -2.41. The molecule has 3 N–H and O–H groups in total. The predicted molar refractivity (Wildman–Crippen MR) is 112 cm³/mol. The van der Waals surface area contributed by atoms with Gasteiger partial charge in [0.05, 0.1) is 4.88 Å². The van der Waals surface area contributed by atoms with Crippen LogP contribution in [0.25, 0.3) is 0 Å². The Morgan fingerprint density at radius 3 is 2.17 bits per heavy atom. The minimum atomic E-state index is -0.427. The molecule has 0 saturated carbocycles. The number of thiophene rings is 1. The van der Waals surface area contributed by atoms with Gasteiger partial charge in [-0.2, -0.15) is 0 Å². The van der Waals surface area contributed by atoms with Crippen LogP contribution >= 0.6 is 11.3 Å². The van der Waals surface area contributed by atoms with Gasteiger partial charge in [0.1, 0.15) is 0 Å². The Hall–Kier alpha value is -3.45. The molecule has 0 bridgehead atoms. The maximum absolute atomic E-state index is 12.3. The van der Waals surface area contributed by atoms with Gasteiger partial charge in [-0.3, -0.25) is 25.2 Å². The molecule has 3 aromatic rings. The monoisotopic (exact) mass is 405 g/mol. The van der Waals surface area contributed by atoms with Crippen LogP contribution in [0.15, 0.2) is 60.7 Å². The summed E-state index contributed by atoms with van der Waals surface area (Å²) in [5, 5.41) is 2.78. The summed E-state index contributed by atoms with van der Waals surface area (Å²) in [6, 6.07) is 17.2. The molecule has 0 aliphatic heterocycles. The van der Waals surface area contributed by atoms with E-state index >= 15 is 0 Å². The first-order valence-electron chi connectivity index (χ1n) is 9.29. The van der Waals surface area contributed by atoms with Crippen molar-refractivity contribution in [3.63, 3.8) is 0 Å². The van der Waals surface area contributed by atoms with Gasteiger partial charge >= 0.3 is 0 Å². The molecule has 7 heteroatoms. The Bertz CT molecular complexity index is 1040.